The van der Waals surface area contributed by atoms with Gasteiger partial charge in [-0.3, -0.25) is 20.0 Å². The molecule has 70 valence electrons. The average Bonchev–Trinajstić information content (AvgIpc) is 2.00. The number of carbonyl (C=O) groups is 2. The van der Waals surface area contributed by atoms with E-state index in [1.807, 2.05) is 13.8 Å². The minimum absolute atomic E-state index is 0.102. The quantitative estimate of drug-likeness (QED) is 0.636. The standard InChI is InChI=1S/C8H16N2O2/c1-4-6-8(12)9-10(5-2)7(3)11/h4-6H2,1-3H3,(H,9,12). The smallest absolute Gasteiger partial charge is 0.238 e. The van der Waals surface area contributed by atoms with E-state index >= 15 is 0 Å². The lowest BCUT2D eigenvalue weighted by atomic mass is 10.3. The van der Waals surface area contributed by atoms with Crippen molar-refractivity contribution in [2.75, 3.05) is 6.54 Å². The molecule has 2 amide bonds. The van der Waals surface area contributed by atoms with E-state index in [1.54, 1.807) is 0 Å². The van der Waals surface area contributed by atoms with Crippen LogP contribution < -0.4 is 5.43 Å². The van der Waals surface area contributed by atoms with Crippen molar-refractivity contribution < 1.29 is 9.59 Å². The zero-order chi connectivity index (χ0) is 9.56. The van der Waals surface area contributed by atoms with Crippen LogP contribution in [-0.4, -0.2) is 23.4 Å². The molecule has 4 nitrogen and oxygen atoms in total. The van der Waals surface area contributed by atoms with Gasteiger partial charge in [0, 0.05) is 19.9 Å². The summed E-state index contributed by atoms with van der Waals surface area (Å²) >= 11 is 0. The third-order valence-corrected chi connectivity index (χ3v) is 1.43. The lowest BCUT2D eigenvalue weighted by molar-refractivity contribution is -0.139. The van der Waals surface area contributed by atoms with E-state index in [9.17, 15) is 9.59 Å². The second-order valence-corrected chi connectivity index (χ2v) is 2.55. The van der Waals surface area contributed by atoms with Gasteiger partial charge < -0.3 is 0 Å². The van der Waals surface area contributed by atoms with Crippen molar-refractivity contribution in [1.82, 2.24) is 10.4 Å². The van der Waals surface area contributed by atoms with Crippen LogP contribution >= 0.6 is 0 Å². The summed E-state index contributed by atoms with van der Waals surface area (Å²) in [6, 6.07) is 0. The third-order valence-electron chi connectivity index (χ3n) is 1.43. The SMILES string of the molecule is CCCC(=O)NN(CC)C(C)=O. The lowest BCUT2D eigenvalue weighted by Gasteiger charge is -2.19. The van der Waals surface area contributed by atoms with Crippen molar-refractivity contribution in [3.8, 4) is 0 Å². The summed E-state index contributed by atoms with van der Waals surface area (Å²) in [7, 11) is 0. The van der Waals surface area contributed by atoms with Gasteiger partial charge in [-0.25, -0.2) is 0 Å². The molecule has 0 heterocycles. The number of hydrogen-bond acceptors (Lipinski definition) is 2. The van der Waals surface area contributed by atoms with E-state index in [4.69, 9.17) is 0 Å². The first-order valence-electron chi connectivity index (χ1n) is 4.19. The molecule has 0 aromatic heterocycles. The summed E-state index contributed by atoms with van der Waals surface area (Å²) in [6.45, 7) is 5.66. The van der Waals surface area contributed by atoms with Gasteiger partial charge in [0.2, 0.25) is 11.8 Å². The fraction of sp³-hybridized carbons (Fsp3) is 0.750. The van der Waals surface area contributed by atoms with Crippen LogP contribution in [0.25, 0.3) is 0 Å². The van der Waals surface area contributed by atoms with Crippen LogP contribution in [0.4, 0.5) is 0 Å². The lowest BCUT2D eigenvalue weighted by Crippen LogP contribution is -2.44. The maximum atomic E-state index is 11.0. The van der Waals surface area contributed by atoms with Crippen LogP contribution in [0.2, 0.25) is 0 Å². The van der Waals surface area contributed by atoms with Crippen LogP contribution in [0.1, 0.15) is 33.6 Å². The topological polar surface area (TPSA) is 49.4 Å². The first-order chi connectivity index (χ1) is 5.61. The van der Waals surface area contributed by atoms with Crippen molar-refractivity contribution in [3.05, 3.63) is 0 Å². The molecule has 0 unspecified atom stereocenters. The molecule has 0 fully saturated rings. The monoisotopic (exact) mass is 172 g/mol. The minimum atomic E-state index is -0.137. The van der Waals surface area contributed by atoms with Gasteiger partial charge in [-0.1, -0.05) is 6.92 Å². The summed E-state index contributed by atoms with van der Waals surface area (Å²) in [5.41, 5.74) is 2.51. The van der Waals surface area contributed by atoms with Gasteiger partial charge in [-0.2, -0.15) is 0 Å². The Labute approximate surface area is 72.9 Å². The molecule has 0 bridgehead atoms. The third kappa shape index (κ3) is 3.95. The highest BCUT2D eigenvalue weighted by molar-refractivity contribution is 5.80. The Morgan fingerprint density at radius 2 is 1.92 bits per heavy atom. The van der Waals surface area contributed by atoms with Crippen LogP contribution in [0.15, 0.2) is 0 Å². The van der Waals surface area contributed by atoms with Crippen LogP contribution in [0.3, 0.4) is 0 Å². The minimum Gasteiger partial charge on any atom is -0.273 e. The summed E-state index contributed by atoms with van der Waals surface area (Å²) in [5, 5.41) is 1.30. The number of nitrogens with zero attached hydrogens (tertiary/aromatic N) is 1. The molecular formula is C8H16N2O2. The molecule has 0 atom stereocenters. The molecule has 4 heteroatoms. The Hall–Kier alpha value is -1.06. The van der Waals surface area contributed by atoms with Gasteiger partial charge in [0.1, 0.15) is 0 Å². The highest BCUT2D eigenvalue weighted by atomic mass is 16.2. The molecular weight excluding hydrogens is 156 g/mol. The number of amides is 2. The van der Waals surface area contributed by atoms with E-state index in [-0.39, 0.29) is 11.8 Å². The molecule has 0 aliphatic rings. The summed E-state index contributed by atoms with van der Waals surface area (Å²) in [4.78, 5) is 21.8. The predicted octanol–water partition coefficient (Wildman–Crippen LogP) is 0.686. The molecule has 0 saturated heterocycles. The average molecular weight is 172 g/mol. The zero-order valence-electron chi connectivity index (χ0n) is 7.89. The fourth-order valence-corrected chi connectivity index (χ4v) is 0.814. The van der Waals surface area contributed by atoms with Gasteiger partial charge in [0.05, 0.1) is 0 Å². The van der Waals surface area contributed by atoms with Crippen molar-refractivity contribution in [1.29, 1.82) is 0 Å². The molecule has 0 radical (unpaired) electrons. The van der Waals surface area contributed by atoms with Crippen molar-refractivity contribution in [2.45, 2.75) is 33.6 Å². The molecule has 0 rings (SSSR count). The van der Waals surface area contributed by atoms with E-state index in [0.29, 0.717) is 13.0 Å². The van der Waals surface area contributed by atoms with Gasteiger partial charge in [-0.05, 0) is 13.3 Å². The van der Waals surface area contributed by atoms with Crippen LogP contribution in [-0.2, 0) is 9.59 Å². The Kier molecular flexibility index (Phi) is 5.08. The first kappa shape index (κ1) is 10.9. The summed E-state index contributed by atoms with van der Waals surface area (Å²) in [6.07, 6.45) is 1.26. The number of rotatable bonds is 3. The maximum Gasteiger partial charge on any atom is 0.238 e. The molecule has 0 saturated carbocycles. The van der Waals surface area contributed by atoms with Crippen molar-refractivity contribution in [2.24, 2.45) is 0 Å². The maximum absolute atomic E-state index is 11.0. The Bertz CT molecular complexity index is 168. The summed E-state index contributed by atoms with van der Waals surface area (Å²) in [5.74, 6) is -0.239. The molecule has 0 aliphatic heterocycles. The predicted molar refractivity (Wildman–Crippen MR) is 46.1 cm³/mol. The molecule has 12 heavy (non-hydrogen) atoms. The number of carbonyl (C=O) groups excluding carboxylic acids is 2. The highest BCUT2D eigenvalue weighted by Crippen LogP contribution is 1.89. The van der Waals surface area contributed by atoms with E-state index in [2.05, 4.69) is 5.43 Å². The molecule has 0 aliphatic carbocycles. The molecule has 0 aromatic rings. The van der Waals surface area contributed by atoms with Gasteiger partial charge >= 0.3 is 0 Å². The van der Waals surface area contributed by atoms with Crippen LogP contribution in [0.5, 0.6) is 0 Å². The molecule has 0 spiro atoms. The Morgan fingerprint density at radius 3 is 2.25 bits per heavy atom. The second kappa shape index (κ2) is 5.57. The fourth-order valence-electron chi connectivity index (χ4n) is 0.814. The number of hydrogen-bond donors (Lipinski definition) is 1. The van der Waals surface area contributed by atoms with Gasteiger partial charge in [-0.15, -0.1) is 0 Å². The number of hydrazine groups is 1. The van der Waals surface area contributed by atoms with E-state index < -0.39 is 0 Å². The normalized spacial score (nSPS) is 9.25. The molecule has 0 aromatic carbocycles. The van der Waals surface area contributed by atoms with Crippen LogP contribution in [0, 0.1) is 0 Å². The van der Waals surface area contributed by atoms with Crippen molar-refractivity contribution in [3.63, 3.8) is 0 Å². The Balaban J connectivity index is 3.85. The first-order valence-corrected chi connectivity index (χ1v) is 4.19. The van der Waals surface area contributed by atoms with Gasteiger partial charge in [0.15, 0.2) is 0 Å². The number of nitrogens with one attached hydrogen (secondary N) is 1. The van der Waals surface area contributed by atoms with E-state index in [0.717, 1.165) is 6.42 Å². The molecule has 1 N–H and O–H groups in total. The highest BCUT2D eigenvalue weighted by Gasteiger charge is 2.08. The van der Waals surface area contributed by atoms with E-state index in [1.165, 1.54) is 11.9 Å². The largest absolute Gasteiger partial charge is 0.273 e. The summed E-state index contributed by atoms with van der Waals surface area (Å²) < 4.78 is 0. The Morgan fingerprint density at radius 1 is 1.33 bits per heavy atom. The van der Waals surface area contributed by atoms with Crippen molar-refractivity contribution >= 4 is 11.8 Å². The zero-order valence-corrected chi connectivity index (χ0v) is 7.89. The van der Waals surface area contributed by atoms with Gasteiger partial charge in [0.25, 0.3) is 0 Å². The second-order valence-electron chi connectivity index (χ2n) is 2.55.